The summed E-state index contributed by atoms with van der Waals surface area (Å²) in [7, 11) is -0.944. The summed E-state index contributed by atoms with van der Waals surface area (Å²) in [6, 6.07) is 9.57. The average Bonchev–Trinajstić information content (AvgIpc) is 2.92. The van der Waals surface area contributed by atoms with Crippen LogP contribution in [0.25, 0.3) is 0 Å². The second-order valence-corrected chi connectivity index (χ2v) is 6.33. The fourth-order valence-electron chi connectivity index (χ4n) is 2.26. The molecule has 0 aromatic heterocycles. The van der Waals surface area contributed by atoms with Crippen molar-refractivity contribution in [3.63, 3.8) is 0 Å². The van der Waals surface area contributed by atoms with Crippen molar-refractivity contribution in [2.24, 2.45) is 5.92 Å². The summed E-state index contributed by atoms with van der Waals surface area (Å²) in [6.07, 6.45) is 7.36. The number of benzene rings is 1. The van der Waals surface area contributed by atoms with E-state index in [2.05, 4.69) is 5.32 Å². The van der Waals surface area contributed by atoms with Gasteiger partial charge in [0.1, 0.15) is 0 Å². The molecule has 0 fully saturated rings. The van der Waals surface area contributed by atoms with Crippen molar-refractivity contribution in [3.05, 3.63) is 48.0 Å². The Morgan fingerprint density at radius 1 is 1.32 bits per heavy atom. The lowest BCUT2D eigenvalue weighted by molar-refractivity contribution is -0.125. The number of carbonyl (C=O) groups is 1. The van der Waals surface area contributed by atoms with Crippen molar-refractivity contribution in [2.75, 3.05) is 12.0 Å². The summed E-state index contributed by atoms with van der Waals surface area (Å²) in [4.78, 5) is 12.2. The van der Waals surface area contributed by atoms with E-state index in [1.54, 1.807) is 6.26 Å². The minimum Gasteiger partial charge on any atom is -0.348 e. The van der Waals surface area contributed by atoms with E-state index < -0.39 is 10.8 Å². The van der Waals surface area contributed by atoms with Crippen molar-refractivity contribution in [1.29, 1.82) is 0 Å². The van der Waals surface area contributed by atoms with Gasteiger partial charge in [-0.1, -0.05) is 42.5 Å². The van der Waals surface area contributed by atoms with Gasteiger partial charge in [0.15, 0.2) is 0 Å². The highest BCUT2D eigenvalue weighted by Gasteiger charge is 2.23. The lowest BCUT2D eigenvalue weighted by atomic mass is 10.0. The minimum atomic E-state index is -0.944. The third kappa shape index (κ3) is 4.03. The molecule has 1 amide bonds. The molecule has 102 valence electrons. The van der Waals surface area contributed by atoms with Gasteiger partial charge < -0.3 is 5.32 Å². The first-order chi connectivity index (χ1) is 9.16. The molecule has 4 heteroatoms. The third-order valence-corrected chi connectivity index (χ3v) is 4.10. The maximum Gasteiger partial charge on any atom is 0.224 e. The Kier molecular flexibility index (Phi) is 4.91. The van der Waals surface area contributed by atoms with Crippen LogP contribution in [0, 0.1) is 5.92 Å². The molecule has 1 aliphatic rings. The highest BCUT2D eigenvalue weighted by molar-refractivity contribution is 7.84. The first kappa shape index (κ1) is 14.0. The van der Waals surface area contributed by atoms with E-state index in [4.69, 9.17) is 0 Å². The smallest absolute Gasteiger partial charge is 0.224 e. The zero-order valence-corrected chi connectivity index (χ0v) is 11.9. The molecule has 19 heavy (non-hydrogen) atoms. The van der Waals surface area contributed by atoms with E-state index in [1.165, 1.54) is 0 Å². The van der Waals surface area contributed by atoms with Gasteiger partial charge in [-0.15, -0.1) is 0 Å². The number of carbonyl (C=O) groups excluding carboxylic acids is 1. The van der Waals surface area contributed by atoms with Gasteiger partial charge in [-0.05, 0) is 18.4 Å². The fourth-order valence-corrected chi connectivity index (χ4v) is 3.01. The molecular weight excluding hydrogens is 258 g/mol. The van der Waals surface area contributed by atoms with Crippen molar-refractivity contribution in [3.8, 4) is 0 Å². The molecule has 0 unspecified atom stereocenters. The van der Waals surface area contributed by atoms with Gasteiger partial charge in [-0.3, -0.25) is 9.00 Å². The maximum atomic E-state index is 12.2. The molecule has 0 aliphatic heterocycles. The number of amides is 1. The molecule has 0 radical (unpaired) electrons. The summed E-state index contributed by atoms with van der Waals surface area (Å²) >= 11 is 0. The summed E-state index contributed by atoms with van der Waals surface area (Å²) in [5, 5.41) is 3.03. The predicted molar refractivity (Wildman–Crippen MR) is 78.1 cm³/mol. The number of allylic oxidation sites excluding steroid dienone is 2. The van der Waals surface area contributed by atoms with Crippen molar-refractivity contribution in [2.45, 2.75) is 18.9 Å². The fraction of sp³-hybridized carbons (Fsp3) is 0.400. The Labute approximate surface area is 116 Å². The topological polar surface area (TPSA) is 46.2 Å². The quantitative estimate of drug-likeness (QED) is 0.839. The molecule has 2 rings (SSSR count). The van der Waals surface area contributed by atoms with Crippen molar-refractivity contribution in [1.82, 2.24) is 5.32 Å². The second-order valence-electron chi connectivity index (χ2n) is 4.85. The van der Waals surface area contributed by atoms with E-state index in [0.29, 0.717) is 5.75 Å². The van der Waals surface area contributed by atoms with Crippen molar-refractivity contribution < 1.29 is 9.00 Å². The van der Waals surface area contributed by atoms with Crippen LogP contribution in [-0.4, -0.2) is 22.1 Å². The highest BCUT2D eigenvalue weighted by Crippen LogP contribution is 2.20. The van der Waals surface area contributed by atoms with Crippen LogP contribution in [0.15, 0.2) is 42.5 Å². The molecule has 0 saturated heterocycles. The predicted octanol–water partition coefficient (Wildman–Crippen LogP) is 2.19. The third-order valence-electron chi connectivity index (χ3n) is 3.30. The second kappa shape index (κ2) is 6.66. The molecule has 2 atom stereocenters. The zero-order chi connectivity index (χ0) is 13.7. The van der Waals surface area contributed by atoms with Gasteiger partial charge in [0.05, 0.1) is 6.04 Å². The lowest BCUT2D eigenvalue weighted by Gasteiger charge is -2.20. The summed E-state index contributed by atoms with van der Waals surface area (Å²) in [5.41, 5.74) is 1.01. The zero-order valence-electron chi connectivity index (χ0n) is 11.0. The number of hydrogen-bond donors (Lipinski definition) is 1. The lowest BCUT2D eigenvalue weighted by Crippen LogP contribution is -2.35. The van der Waals surface area contributed by atoms with Crippen LogP contribution in [0.4, 0.5) is 0 Å². The Morgan fingerprint density at radius 2 is 1.95 bits per heavy atom. The van der Waals surface area contributed by atoms with Crippen LogP contribution < -0.4 is 5.32 Å². The van der Waals surface area contributed by atoms with E-state index in [-0.39, 0.29) is 17.9 Å². The SMILES string of the molecule is C[S@](=O)C[C@@H](NC(=O)C1CC=CC1)c1ccccc1. The molecule has 1 N–H and O–H groups in total. The number of hydrogen-bond acceptors (Lipinski definition) is 2. The molecule has 1 aromatic carbocycles. The molecule has 0 saturated carbocycles. The van der Waals surface area contributed by atoms with Crippen LogP contribution in [0.2, 0.25) is 0 Å². The Morgan fingerprint density at radius 3 is 2.53 bits per heavy atom. The first-order valence-electron chi connectivity index (χ1n) is 6.47. The molecule has 1 aliphatic carbocycles. The van der Waals surface area contributed by atoms with E-state index in [0.717, 1.165) is 18.4 Å². The van der Waals surface area contributed by atoms with Gasteiger partial charge in [0, 0.05) is 28.7 Å². The largest absolute Gasteiger partial charge is 0.348 e. The Hall–Kier alpha value is -1.42. The normalized spacial score (nSPS) is 18.2. The van der Waals surface area contributed by atoms with Gasteiger partial charge >= 0.3 is 0 Å². The number of rotatable bonds is 5. The van der Waals surface area contributed by atoms with Gasteiger partial charge in [0.2, 0.25) is 5.91 Å². The summed E-state index contributed by atoms with van der Waals surface area (Å²) in [6.45, 7) is 0. The molecule has 1 aromatic rings. The summed E-state index contributed by atoms with van der Waals surface area (Å²) < 4.78 is 11.5. The Balaban J connectivity index is 2.05. The van der Waals surface area contributed by atoms with Gasteiger partial charge in [-0.2, -0.15) is 0 Å². The molecular formula is C15H19NO2S. The molecule has 0 heterocycles. The molecule has 0 spiro atoms. The van der Waals surface area contributed by atoms with E-state index in [9.17, 15) is 9.00 Å². The number of nitrogens with one attached hydrogen (secondary N) is 1. The molecule has 3 nitrogen and oxygen atoms in total. The van der Waals surface area contributed by atoms with E-state index in [1.807, 2.05) is 42.5 Å². The van der Waals surface area contributed by atoms with Gasteiger partial charge in [-0.25, -0.2) is 0 Å². The monoisotopic (exact) mass is 277 g/mol. The van der Waals surface area contributed by atoms with Crippen LogP contribution >= 0.6 is 0 Å². The van der Waals surface area contributed by atoms with Crippen LogP contribution in [-0.2, 0) is 15.6 Å². The van der Waals surface area contributed by atoms with Crippen LogP contribution in [0.3, 0.4) is 0 Å². The first-order valence-corrected chi connectivity index (χ1v) is 8.20. The van der Waals surface area contributed by atoms with E-state index >= 15 is 0 Å². The van der Waals surface area contributed by atoms with Gasteiger partial charge in [0.25, 0.3) is 0 Å². The average molecular weight is 277 g/mol. The molecule has 0 bridgehead atoms. The standard InChI is InChI=1S/C15H19NO2S/c1-19(18)11-14(12-7-3-2-4-8-12)16-15(17)13-9-5-6-10-13/h2-8,13-14H,9-11H2,1H3,(H,16,17)/t14-,19+/m1/s1. The summed E-state index contributed by atoms with van der Waals surface area (Å²) in [5.74, 6) is 0.552. The van der Waals surface area contributed by atoms with Crippen LogP contribution in [0.1, 0.15) is 24.4 Å². The highest BCUT2D eigenvalue weighted by atomic mass is 32.2. The van der Waals surface area contributed by atoms with Crippen molar-refractivity contribution >= 4 is 16.7 Å². The minimum absolute atomic E-state index is 0.0384. The Bertz CT molecular complexity index is 476. The maximum absolute atomic E-state index is 12.2. The van der Waals surface area contributed by atoms with Crippen LogP contribution in [0.5, 0.6) is 0 Å².